The minimum absolute atomic E-state index is 0.833. The van der Waals surface area contributed by atoms with Crippen LogP contribution in [0.5, 0.6) is 5.75 Å². The number of unbranched alkanes of at least 4 members (excludes halogenated alkanes) is 3. The molecule has 1 aromatic carbocycles. The first kappa shape index (κ1) is 14.0. The van der Waals surface area contributed by atoms with Crippen molar-refractivity contribution in [1.82, 2.24) is 0 Å². The van der Waals surface area contributed by atoms with Crippen molar-refractivity contribution in [3.8, 4) is 5.75 Å². The van der Waals surface area contributed by atoms with Gasteiger partial charge in [0.05, 0.1) is 13.2 Å². The van der Waals surface area contributed by atoms with Crippen molar-refractivity contribution in [3.63, 3.8) is 0 Å². The molecule has 0 aromatic heterocycles. The molecule has 2 nitrogen and oxygen atoms in total. The predicted molar refractivity (Wildman–Crippen MR) is 72.0 cm³/mol. The van der Waals surface area contributed by atoms with Crippen LogP contribution in [0.15, 0.2) is 24.3 Å². The molecule has 17 heavy (non-hydrogen) atoms. The minimum atomic E-state index is 0.833. The lowest BCUT2D eigenvalue weighted by Crippen LogP contribution is -3.01. The molecule has 0 radical (unpaired) electrons. The zero-order valence-electron chi connectivity index (χ0n) is 11.2. The Bertz CT molecular complexity index is 292. The zero-order valence-corrected chi connectivity index (χ0v) is 11.2. The summed E-state index contributed by atoms with van der Waals surface area (Å²) in [4.78, 5) is 1.19. The predicted octanol–water partition coefficient (Wildman–Crippen LogP) is 2.45. The molecule has 96 valence electrons. The third kappa shape index (κ3) is 6.32. The topological polar surface area (TPSA) is 13.7 Å². The van der Waals surface area contributed by atoms with Crippen molar-refractivity contribution in [2.45, 2.75) is 39.2 Å². The van der Waals surface area contributed by atoms with Crippen LogP contribution in [0, 0.1) is 7.05 Å². The number of benzene rings is 1. The molecule has 0 saturated carbocycles. The van der Waals surface area contributed by atoms with Crippen LogP contribution in [0.25, 0.3) is 0 Å². The average molecular weight is 235 g/mol. The molecule has 0 amide bonds. The summed E-state index contributed by atoms with van der Waals surface area (Å²) in [6.45, 7) is 4.01. The number of hydrogen-bond donors (Lipinski definition) is 1. The second kappa shape index (κ2) is 8.13. The van der Waals surface area contributed by atoms with Crippen molar-refractivity contribution in [2.24, 2.45) is 0 Å². The van der Waals surface area contributed by atoms with Gasteiger partial charge in [-0.25, -0.2) is 0 Å². The van der Waals surface area contributed by atoms with E-state index >= 15 is 0 Å². The van der Waals surface area contributed by atoms with E-state index < -0.39 is 0 Å². The lowest BCUT2D eigenvalue weighted by Gasteiger charge is -2.14. The summed E-state index contributed by atoms with van der Waals surface area (Å²) in [6, 6.07) is 8.35. The van der Waals surface area contributed by atoms with E-state index in [-0.39, 0.29) is 0 Å². The summed E-state index contributed by atoms with van der Waals surface area (Å²) in [7, 11) is 5.97. The summed E-state index contributed by atoms with van der Waals surface area (Å²) >= 11 is 0. The molecule has 1 N–H and O–H groups in total. The highest BCUT2D eigenvalue weighted by atomic mass is 16.5. The molecule has 0 aliphatic heterocycles. The molecule has 1 rings (SSSR count). The molecule has 0 bridgehead atoms. The van der Waals surface area contributed by atoms with Crippen LogP contribution in [0.2, 0.25) is 0 Å². The number of hydrogen-bond acceptors (Lipinski definition) is 1. The maximum absolute atomic E-state index is 5.69. The van der Waals surface area contributed by atoms with Gasteiger partial charge in [0.15, 0.2) is 0 Å². The molecule has 0 saturated heterocycles. The van der Waals surface area contributed by atoms with Gasteiger partial charge in [0, 0.05) is 12.6 Å². The van der Waals surface area contributed by atoms with Gasteiger partial charge in [0.25, 0.3) is 0 Å². The van der Waals surface area contributed by atoms with Crippen molar-refractivity contribution >= 4 is 0 Å². The van der Waals surface area contributed by atoms with E-state index in [0.717, 1.165) is 25.3 Å². The molecule has 1 atom stereocenters. The zero-order chi connectivity index (χ0) is 12.5. The quantitative estimate of drug-likeness (QED) is 0.540. The molecule has 0 aliphatic carbocycles. The molecular weight excluding hydrogens is 210 g/mol. The van der Waals surface area contributed by atoms with Gasteiger partial charge in [-0.1, -0.05) is 26.2 Å². The Morgan fingerprint density at radius 3 is 2.41 bits per heavy atom. The molecule has 0 aliphatic rings. The van der Waals surface area contributed by atoms with Gasteiger partial charge in [0.1, 0.15) is 5.75 Å². The average Bonchev–Trinajstić information content (AvgIpc) is 2.30. The summed E-state index contributed by atoms with van der Waals surface area (Å²) in [5.74, 6) is 0.979. The van der Waals surface area contributed by atoms with Gasteiger partial charge >= 0.3 is 0 Å². The van der Waals surface area contributed by atoms with E-state index in [0.29, 0.717) is 0 Å². The Labute approximate surface area is 106 Å². The van der Waals surface area contributed by atoms with Crippen LogP contribution in [0.3, 0.4) is 0 Å². The van der Waals surface area contributed by atoms with E-state index in [2.05, 4.69) is 45.3 Å². The van der Waals surface area contributed by atoms with E-state index in [9.17, 15) is 0 Å². The van der Waals surface area contributed by atoms with Crippen LogP contribution in [0.1, 0.15) is 38.2 Å². The van der Waals surface area contributed by atoms with E-state index in [1.54, 1.807) is 0 Å². The van der Waals surface area contributed by atoms with E-state index in [1.165, 1.54) is 29.7 Å². The number of ether oxygens (including phenoxy) is 1. The standard InChI is InChI=1S/C15H25NO/c1-4-5-6-7-12-17-15-10-8-14(9-11-15)13-16(2)3/h8-11,16H,2,4-7,12-13H2,1,3H3. The van der Waals surface area contributed by atoms with Crippen LogP contribution in [0.4, 0.5) is 0 Å². The SMILES string of the molecule is [CH2-][NH+](C)Cc1ccc(OCCCCCC)cc1. The van der Waals surface area contributed by atoms with Crippen LogP contribution in [-0.2, 0) is 6.54 Å². The maximum Gasteiger partial charge on any atom is 0.119 e. The fourth-order valence-corrected chi connectivity index (χ4v) is 1.77. The first-order valence-electron chi connectivity index (χ1n) is 6.58. The minimum Gasteiger partial charge on any atom is -0.494 e. The molecule has 2 heteroatoms. The highest BCUT2D eigenvalue weighted by molar-refractivity contribution is 5.26. The van der Waals surface area contributed by atoms with Gasteiger partial charge < -0.3 is 9.64 Å². The smallest absolute Gasteiger partial charge is 0.119 e. The number of rotatable bonds is 8. The Hall–Kier alpha value is -1.02. The molecule has 0 fully saturated rings. The molecule has 0 heterocycles. The lowest BCUT2D eigenvalue weighted by molar-refractivity contribution is -0.846. The van der Waals surface area contributed by atoms with Crippen molar-refractivity contribution < 1.29 is 9.64 Å². The highest BCUT2D eigenvalue weighted by Gasteiger charge is 1.97. The fraction of sp³-hybridized carbons (Fsp3) is 0.533. The third-order valence-electron chi connectivity index (χ3n) is 2.70. The number of nitrogens with one attached hydrogen (secondary N) is 1. The second-order valence-electron chi connectivity index (χ2n) is 4.69. The van der Waals surface area contributed by atoms with Gasteiger partial charge in [-0.2, -0.15) is 7.05 Å². The molecule has 1 unspecified atom stereocenters. The largest absolute Gasteiger partial charge is 0.494 e. The molecule has 0 spiro atoms. The van der Waals surface area contributed by atoms with Crippen LogP contribution < -0.4 is 9.64 Å². The maximum atomic E-state index is 5.69. The molecular formula is C15H25NO. The third-order valence-corrected chi connectivity index (χ3v) is 2.70. The first-order chi connectivity index (χ1) is 8.22. The van der Waals surface area contributed by atoms with E-state index in [1.807, 2.05) is 0 Å². The van der Waals surface area contributed by atoms with E-state index in [4.69, 9.17) is 4.74 Å². The van der Waals surface area contributed by atoms with Crippen molar-refractivity contribution in [2.75, 3.05) is 13.7 Å². The van der Waals surface area contributed by atoms with Crippen LogP contribution in [-0.4, -0.2) is 13.7 Å². The fourth-order valence-electron chi connectivity index (χ4n) is 1.77. The Morgan fingerprint density at radius 1 is 1.12 bits per heavy atom. The Balaban J connectivity index is 2.25. The second-order valence-corrected chi connectivity index (χ2v) is 4.69. The Kier molecular flexibility index (Phi) is 6.71. The van der Waals surface area contributed by atoms with Gasteiger partial charge in [-0.05, 0) is 30.7 Å². The van der Waals surface area contributed by atoms with Crippen molar-refractivity contribution in [1.29, 1.82) is 0 Å². The van der Waals surface area contributed by atoms with Crippen molar-refractivity contribution in [3.05, 3.63) is 36.9 Å². The summed E-state index contributed by atoms with van der Waals surface area (Å²) in [5, 5.41) is 0. The summed E-state index contributed by atoms with van der Waals surface area (Å²) in [6.07, 6.45) is 5.00. The highest BCUT2D eigenvalue weighted by Crippen LogP contribution is 2.12. The molecule has 1 aromatic rings. The summed E-state index contributed by atoms with van der Waals surface area (Å²) in [5.41, 5.74) is 1.30. The van der Waals surface area contributed by atoms with Crippen LogP contribution >= 0.6 is 0 Å². The van der Waals surface area contributed by atoms with Gasteiger partial charge in [0.2, 0.25) is 0 Å². The number of quaternary nitrogens is 1. The normalized spacial score (nSPS) is 12.4. The van der Waals surface area contributed by atoms with Gasteiger partial charge in [-0.15, -0.1) is 0 Å². The monoisotopic (exact) mass is 235 g/mol. The Morgan fingerprint density at radius 2 is 1.82 bits per heavy atom. The summed E-state index contributed by atoms with van der Waals surface area (Å²) < 4.78 is 5.69. The van der Waals surface area contributed by atoms with Gasteiger partial charge in [-0.3, -0.25) is 0 Å². The first-order valence-corrected chi connectivity index (χ1v) is 6.58. The lowest BCUT2D eigenvalue weighted by atomic mass is 10.2.